The molecule has 0 saturated heterocycles. The Kier molecular flexibility index (Phi) is 7.21. The van der Waals surface area contributed by atoms with Crippen LogP contribution < -0.4 is 9.47 Å². The number of phenols is 1. The number of phenolic OH excluding ortho intramolecular Hbond substituents is 1. The summed E-state index contributed by atoms with van der Waals surface area (Å²) < 4.78 is 10.8. The van der Waals surface area contributed by atoms with E-state index in [4.69, 9.17) is 9.47 Å². The lowest BCUT2D eigenvalue weighted by Gasteiger charge is -2.13. The number of allylic oxidation sites excluding steroid dienone is 2. The van der Waals surface area contributed by atoms with Crippen LogP contribution in [0.1, 0.15) is 37.5 Å². The van der Waals surface area contributed by atoms with E-state index in [2.05, 4.69) is 6.08 Å². The lowest BCUT2D eigenvalue weighted by Crippen LogP contribution is -1.99. The second-order valence-corrected chi connectivity index (χ2v) is 6.45. The smallest absolute Gasteiger partial charge is 0.310 e. The number of aromatic hydroxyl groups is 1. The van der Waals surface area contributed by atoms with Crippen molar-refractivity contribution < 1.29 is 19.5 Å². The molecule has 0 saturated carbocycles. The predicted octanol–water partition coefficient (Wildman–Crippen LogP) is 5.39. The minimum Gasteiger partial charge on any atom is -0.508 e. The summed E-state index contributed by atoms with van der Waals surface area (Å²) in [5, 5.41) is 21.1. The van der Waals surface area contributed by atoms with Crippen molar-refractivity contribution in [2.24, 2.45) is 0 Å². The van der Waals surface area contributed by atoms with Gasteiger partial charge in [0.15, 0.2) is 5.75 Å². The van der Waals surface area contributed by atoms with Crippen LogP contribution in [0.3, 0.4) is 0 Å². The number of nitrogens with zero attached hydrogens (tertiary/aromatic N) is 1. The molecule has 0 heterocycles. The second kappa shape index (κ2) is 9.60. The van der Waals surface area contributed by atoms with Gasteiger partial charge in [-0.3, -0.25) is 10.1 Å². The van der Waals surface area contributed by atoms with Gasteiger partial charge in [0.05, 0.1) is 18.6 Å². The average molecular weight is 383 g/mol. The Bertz CT molecular complexity index is 911. The fraction of sp³-hybridized carbons (Fsp3) is 0.273. The van der Waals surface area contributed by atoms with E-state index in [9.17, 15) is 15.2 Å². The van der Waals surface area contributed by atoms with Gasteiger partial charge in [0.2, 0.25) is 0 Å². The van der Waals surface area contributed by atoms with Crippen molar-refractivity contribution in [3.63, 3.8) is 0 Å². The van der Waals surface area contributed by atoms with Gasteiger partial charge in [0.1, 0.15) is 11.5 Å². The first kappa shape index (κ1) is 21.0. The minimum absolute atomic E-state index is 0.0834. The first-order valence-corrected chi connectivity index (χ1v) is 8.98. The molecular weight excluding hydrogens is 358 g/mol. The second-order valence-electron chi connectivity index (χ2n) is 6.45. The van der Waals surface area contributed by atoms with Crippen LogP contribution in [0, 0.1) is 10.1 Å². The molecule has 0 aromatic heterocycles. The molecule has 6 heteroatoms. The number of benzene rings is 2. The molecule has 0 aliphatic heterocycles. The number of ether oxygens (including phenoxy) is 2. The van der Waals surface area contributed by atoms with Crippen molar-refractivity contribution in [2.75, 3.05) is 13.7 Å². The third-order valence-electron chi connectivity index (χ3n) is 4.10. The highest BCUT2D eigenvalue weighted by molar-refractivity contribution is 5.74. The number of rotatable bonds is 8. The van der Waals surface area contributed by atoms with Crippen LogP contribution in [0.2, 0.25) is 0 Å². The number of nitro benzene ring substituents is 1. The van der Waals surface area contributed by atoms with Crippen LogP contribution in [0.15, 0.2) is 42.0 Å². The number of nitro groups is 1. The SMILES string of the molecule is CCOc1cc(O)cc(C=Cc2ccc([N+](=O)[O-])c(OC)c2)c1CC=C(C)C. The number of hydrogen-bond donors (Lipinski definition) is 1. The van der Waals surface area contributed by atoms with Crippen molar-refractivity contribution in [1.82, 2.24) is 0 Å². The van der Waals surface area contributed by atoms with Gasteiger partial charge in [-0.2, -0.15) is 0 Å². The highest BCUT2D eigenvalue weighted by Crippen LogP contribution is 2.32. The molecule has 0 amide bonds. The third kappa shape index (κ3) is 5.36. The maximum Gasteiger partial charge on any atom is 0.310 e. The van der Waals surface area contributed by atoms with Gasteiger partial charge in [-0.15, -0.1) is 0 Å². The van der Waals surface area contributed by atoms with E-state index >= 15 is 0 Å². The van der Waals surface area contributed by atoms with E-state index in [1.54, 1.807) is 24.3 Å². The summed E-state index contributed by atoms with van der Waals surface area (Å²) >= 11 is 0. The molecule has 0 fully saturated rings. The maximum absolute atomic E-state index is 11.0. The number of hydrogen-bond acceptors (Lipinski definition) is 5. The van der Waals surface area contributed by atoms with Crippen LogP contribution in [-0.4, -0.2) is 23.7 Å². The van der Waals surface area contributed by atoms with E-state index < -0.39 is 4.92 Å². The quantitative estimate of drug-likeness (QED) is 0.286. The molecule has 2 aromatic rings. The standard InChI is InChI=1S/C22H25NO5/c1-5-28-21-14-18(24)13-17(19(21)10-6-15(2)3)9-7-16-8-11-20(23(25)26)22(12-16)27-4/h6-9,11-14,24H,5,10H2,1-4H3. The van der Waals surface area contributed by atoms with Crippen LogP contribution >= 0.6 is 0 Å². The van der Waals surface area contributed by atoms with Crippen molar-refractivity contribution >= 4 is 17.8 Å². The molecule has 0 spiro atoms. The van der Waals surface area contributed by atoms with Crippen molar-refractivity contribution in [1.29, 1.82) is 0 Å². The van der Waals surface area contributed by atoms with Gasteiger partial charge in [0, 0.05) is 17.7 Å². The molecule has 0 aliphatic rings. The average Bonchev–Trinajstić information content (AvgIpc) is 2.65. The molecule has 0 radical (unpaired) electrons. The predicted molar refractivity (Wildman–Crippen MR) is 111 cm³/mol. The molecule has 0 aliphatic carbocycles. The van der Waals surface area contributed by atoms with Gasteiger partial charge in [-0.1, -0.05) is 23.8 Å². The minimum atomic E-state index is -0.479. The molecule has 0 bridgehead atoms. The zero-order valence-corrected chi connectivity index (χ0v) is 16.6. The van der Waals surface area contributed by atoms with E-state index in [0.29, 0.717) is 18.8 Å². The molecule has 6 nitrogen and oxygen atoms in total. The van der Waals surface area contributed by atoms with E-state index in [0.717, 1.165) is 16.7 Å². The molecule has 0 unspecified atom stereocenters. The van der Waals surface area contributed by atoms with E-state index in [1.807, 2.05) is 32.9 Å². The first-order valence-electron chi connectivity index (χ1n) is 8.98. The Morgan fingerprint density at radius 1 is 1.18 bits per heavy atom. The van der Waals surface area contributed by atoms with E-state index in [-0.39, 0.29) is 17.2 Å². The van der Waals surface area contributed by atoms with Crippen molar-refractivity contribution in [3.8, 4) is 17.2 Å². The number of methoxy groups -OCH3 is 1. The van der Waals surface area contributed by atoms with Crippen LogP contribution in [-0.2, 0) is 6.42 Å². The van der Waals surface area contributed by atoms with Gasteiger partial charge in [-0.25, -0.2) is 0 Å². The Labute approximate surface area is 164 Å². The molecule has 2 rings (SSSR count). The van der Waals surface area contributed by atoms with Crippen LogP contribution in [0.5, 0.6) is 17.2 Å². The zero-order valence-electron chi connectivity index (χ0n) is 16.6. The Balaban J connectivity index is 2.46. The molecule has 0 atom stereocenters. The zero-order chi connectivity index (χ0) is 20.7. The molecule has 28 heavy (non-hydrogen) atoms. The Morgan fingerprint density at radius 3 is 2.54 bits per heavy atom. The molecule has 1 N–H and O–H groups in total. The van der Waals surface area contributed by atoms with Crippen LogP contribution in [0.4, 0.5) is 5.69 Å². The highest BCUT2D eigenvalue weighted by Gasteiger charge is 2.14. The van der Waals surface area contributed by atoms with Gasteiger partial charge in [-0.05, 0) is 56.5 Å². The fourth-order valence-electron chi connectivity index (χ4n) is 2.74. The maximum atomic E-state index is 11.0. The first-order chi connectivity index (χ1) is 13.3. The monoisotopic (exact) mass is 383 g/mol. The Morgan fingerprint density at radius 2 is 1.93 bits per heavy atom. The molecule has 2 aromatic carbocycles. The summed E-state index contributed by atoms with van der Waals surface area (Å²) in [7, 11) is 1.40. The van der Waals surface area contributed by atoms with Gasteiger partial charge >= 0.3 is 5.69 Å². The fourth-order valence-corrected chi connectivity index (χ4v) is 2.74. The summed E-state index contributed by atoms with van der Waals surface area (Å²) in [5.74, 6) is 0.953. The summed E-state index contributed by atoms with van der Waals surface area (Å²) in [6.07, 6.45) is 6.45. The molecule has 148 valence electrons. The van der Waals surface area contributed by atoms with Gasteiger partial charge < -0.3 is 14.6 Å². The third-order valence-corrected chi connectivity index (χ3v) is 4.10. The largest absolute Gasteiger partial charge is 0.508 e. The highest BCUT2D eigenvalue weighted by atomic mass is 16.6. The topological polar surface area (TPSA) is 81.8 Å². The molecular formula is C22H25NO5. The van der Waals surface area contributed by atoms with E-state index in [1.165, 1.54) is 18.7 Å². The van der Waals surface area contributed by atoms with Crippen molar-refractivity contribution in [2.45, 2.75) is 27.2 Å². The van der Waals surface area contributed by atoms with Gasteiger partial charge in [0.25, 0.3) is 0 Å². The lowest BCUT2D eigenvalue weighted by atomic mass is 10.00. The Hall–Kier alpha value is -3.28. The van der Waals surface area contributed by atoms with Crippen molar-refractivity contribution in [3.05, 3.63) is 68.8 Å². The van der Waals surface area contributed by atoms with Crippen LogP contribution in [0.25, 0.3) is 12.2 Å². The summed E-state index contributed by atoms with van der Waals surface area (Å²) in [4.78, 5) is 10.6. The normalized spacial score (nSPS) is 10.7. The summed E-state index contributed by atoms with van der Waals surface area (Å²) in [6, 6.07) is 7.96. The summed E-state index contributed by atoms with van der Waals surface area (Å²) in [6.45, 7) is 6.44. The summed E-state index contributed by atoms with van der Waals surface area (Å²) in [5.41, 5.74) is 3.63. The lowest BCUT2D eigenvalue weighted by molar-refractivity contribution is -0.385.